The molecule has 1 rings (SSSR count). The lowest BCUT2D eigenvalue weighted by Crippen LogP contribution is -2.41. The molecule has 1 fully saturated rings. The quantitative estimate of drug-likeness (QED) is 0.577. The van der Waals surface area contributed by atoms with Gasteiger partial charge in [0.15, 0.2) is 0 Å². The summed E-state index contributed by atoms with van der Waals surface area (Å²) < 4.78 is 0. The molecule has 3 amide bonds. The van der Waals surface area contributed by atoms with Crippen molar-refractivity contribution < 1.29 is 14.4 Å². The second kappa shape index (κ2) is 10.2. The van der Waals surface area contributed by atoms with Crippen LogP contribution in [0.1, 0.15) is 51.9 Å². The van der Waals surface area contributed by atoms with Gasteiger partial charge in [-0.25, -0.2) is 0 Å². The van der Waals surface area contributed by atoms with Crippen LogP contribution in [0, 0.1) is 5.92 Å². The molecule has 0 atom stereocenters. The molecule has 0 unspecified atom stereocenters. The van der Waals surface area contributed by atoms with Crippen molar-refractivity contribution in [3.8, 4) is 0 Å². The molecule has 0 aliphatic heterocycles. The highest BCUT2D eigenvalue weighted by atomic mass is 16.2. The van der Waals surface area contributed by atoms with Gasteiger partial charge in [0.25, 0.3) is 0 Å². The molecular weight excluding hydrogens is 270 g/mol. The van der Waals surface area contributed by atoms with Gasteiger partial charge < -0.3 is 16.0 Å². The Morgan fingerprint density at radius 3 is 2.19 bits per heavy atom. The number of amides is 3. The van der Waals surface area contributed by atoms with Crippen LogP contribution in [0.25, 0.3) is 0 Å². The molecule has 1 saturated carbocycles. The van der Waals surface area contributed by atoms with E-state index < -0.39 is 0 Å². The summed E-state index contributed by atoms with van der Waals surface area (Å²) in [6, 6.07) is 0. The number of hydrogen-bond acceptors (Lipinski definition) is 3. The van der Waals surface area contributed by atoms with Crippen molar-refractivity contribution in [2.24, 2.45) is 5.92 Å². The Bertz CT molecular complexity index is 352. The standard InChI is InChI=1S/C15H27N3O3/c1-12(19)17-10-15(21)18-11-14(20)16-9-5-8-13-6-3-2-4-7-13/h13H,2-11H2,1H3,(H,16,20)(H,17,19)(H,18,21). The SMILES string of the molecule is CC(=O)NCC(=O)NCC(=O)NCCCC1CCCCC1. The van der Waals surface area contributed by atoms with Gasteiger partial charge in [0.2, 0.25) is 17.7 Å². The highest BCUT2D eigenvalue weighted by molar-refractivity contribution is 5.87. The molecule has 6 heteroatoms. The fourth-order valence-corrected chi connectivity index (χ4v) is 2.60. The molecule has 0 saturated heterocycles. The summed E-state index contributed by atoms with van der Waals surface area (Å²) in [7, 11) is 0. The van der Waals surface area contributed by atoms with E-state index in [0.717, 1.165) is 12.3 Å². The van der Waals surface area contributed by atoms with Gasteiger partial charge >= 0.3 is 0 Å². The predicted octanol–water partition coefficient (Wildman–Crippen LogP) is 0.715. The maximum absolute atomic E-state index is 11.5. The lowest BCUT2D eigenvalue weighted by Gasteiger charge is -2.21. The van der Waals surface area contributed by atoms with E-state index in [1.54, 1.807) is 0 Å². The van der Waals surface area contributed by atoms with Gasteiger partial charge in [0, 0.05) is 13.5 Å². The summed E-state index contributed by atoms with van der Waals surface area (Å²) in [6.45, 7) is 1.87. The van der Waals surface area contributed by atoms with Gasteiger partial charge in [-0.05, 0) is 18.8 Å². The molecule has 0 bridgehead atoms. The smallest absolute Gasteiger partial charge is 0.239 e. The lowest BCUT2D eigenvalue weighted by atomic mass is 9.86. The third-order valence-electron chi connectivity index (χ3n) is 3.78. The van der Waals surface area contributed by atoms with E-state index in [2.05, 4.69) is 16.0 Å². The Morgan fingerprint density at radius 2 is 1.52 bits per heavy atom. The Balaban J connectivity index is 1.98. The number of hydrogen-bond donors (Lipinski definition) is 3. The molecule has 120 valence electrons. The molecule has 0 heterocycles. The van der Waals surface area contributed by atoms with E-state index in [9.17, 15) is 14.4 Å². The van der Waals surface area contributed by atoms with E-state index in [1.165, 1.54) is 45.4 Å². The van der Waals surface area contributed by atoms with Crippen molar-refractivity contribution in [2.45, 2.75) is 51.9 Å². The number of carbonyl (C=O) groups is 3. The topological polar surface area (TPSA) is 87.3 Å². The summed E-state index contributed by atoms with van der Waals surface area (Å²) in [5.74, 6) is 0.0164. The summed E-state index contributed by atoms with van der Waals surface area (Å²) >= 11 is 0. The Morgan fingerprint density at radius 1 is 0.905 bits per heavy atom. The highest BCUT2D eigenvalue weighted by Gasteiger charge is 2.12. The Hall–Kier alpha value is -1.59. The van der Waals surface area contributed by atoms with E-state index in [1.807, 2.05) is 0 Å². The first-order valence-corrected chi connectivity index (χ1v) is 7.85. The minimum atomic E-state index is -0.359. The van der Waals surface area contributed by atoms with Crippen LogP contribution in [0.2, 0.25) is 0 Å². The third kappa shape index (κ3) is 9.05. The zero-order chi connectivity index (χ0) is 15.5. The summed E-state index contributed by atoms with van der Waals surface area (Å²) in [6.07, 6.45) is 8.88. The van der Waals surface area contributed by atoms with Crippen LogP contribution in [0.15, 0.2) is 0 Å². The van der Waals surface area contributed by atoms with Crippen LogP contribution < -0.4 is 16.0 Å². The average molecular weight is 297 g/mol. The highest BCUT2D eigenvalue weighted by Crippen LogP contribution is 2.26. The first-order chi connectivity index (χ1) is 10.1. The van der Waals surface area contributed by atoms with E-state index in [-0.39, 0.29) is 30.8 Å². The summed E-state index contributed by atoms with van der Waals surface area (Å²) in [5, 5.41) is 7.64. The summed E-state index contributed by atoms with van der Waals surface area (Å²) in [5.41, 5.74) is 0. The van der Waals surface area contributed by atoms with Crippen molar-refractivity contribution >= 4 is 17.7 Å². The predicted molar refractivity (Wildman–Crippen MR) is 80.5 cm³/mol. The molecule has 1 aliphatic carbocycles. The Kier molecular flexibility index (Phi) is 8.47. The maximum Gasteiger partial charge on any atom is 0.239 e. The first-order valence-electron chi connectivity index (χ1n) is 7.85. The summed E-state index contributed by atoms with van der Waals surface area (Å²) in [4.78, 5) is 33.4. The first kappa shape index (κ1) is 17.5. The normalized spacial score (nSPS) is 15.3. The molecule has 6 nitrogen and oxygen atoms in total. The molecule has 0 aromatic heterocycles. The van der Waals surface area contributed by atoms with Gasteiger partial charge in [-0.3, -0.25) is 14.4 Å². The van der Waals surface area contributed by atoms with Gasteiger partial charge in [0.1, 0.15) is 0 Å². The van der Waals surface area contributed by atoms with Crippen LogP contribution in [0.5, 0.6) is 0 Å². The lowest BCUT2D eigenvalue weighted by molar-refractivity contribution is -0.127. The molecule has 3 N–H and O–H groups in total. The van der Waals surface area contributed by atoms with Crippen LogP contribution in [-0.4, -0.2) is 37.4 Å². The number of carbonyl (C=O) groups excluding carboxylic acids is 3. The second-order valence-corrected chi connectivity index (χ2v) is 5.68. The number of nitrogens with one attached hydrogen (secondary N) is 3. The Labute approximate surface area is 126 Å². The molecule has 21 heavy (non-hydrogen) atoms. The van der Waals surface area contributed by atoms with Gasteiger partial charge in [0.05, 0.1) is 13.1 Å². The van der Waals surface area contributed by atoms with Crippen LogP contribution >= 0.6 is 0 Å². The van der Waals surface area contributed by atoms with Crippen molar-refractivity contribution in [3.63, 3.8) is 0 Å². The van der Waals surface area contributed by atoms with Crippen LogP contribution in [-0.2, 0) is 14.4 Å². The van der Waals surface area contributed by atoms with E-state index in [4.69, 9.17) is 0 Å². The minimum absolute atomic E-state index is 0.0398. The molecule has 0 aromatic carbocycles. The average Bonchev–Trinajstić information content (AvgIpc) is 2.48. The molecule has 1 aliphatic rings. The van der Waals surface area contributed by atoms with Gasteiger partial charge in [-0.15, -0.1) is 0 Å². The number of rotatable bonds is 8. The fraction of sp³-hybridized carbons (Fsp3) is 0.800. The van der Waals surface area contributed by atoms with E-state index in [0.29, 0.717) is 6.54 Å². The van der Waals surface area contributed by atoms with Crippen LogP contribution in [0.3, 0.4) is 0 Å². The van der Waals surface area contributed by atoms with Crippen molar-refractivity contribution in [3.05, 3.63) is 0 Å². The van der Waals surface area contributed by atoms with Crippen LogP contribution in [0.4, 0.5) is 0 Å². The zero-order valence-electron chi connectivity index (χ0n) is 12.9. The van der Waals surface area contributed by atoms with Gasteiger partial charge in [-0.2, -0.15) is 0 Å². The molecular formula is C15H27N3O3. The molecule has 0 spiro atoms. The third-order valence-corrected chi connectivity index (χ3v) is 3.78. The largest absolute Gasteiger partial charge is 0.355 e. The molecule has 0 radical (unpaired) electrons. The monoisotopic (exact) mass is 297 g/mol. The maximum atomic E-state index is 11.5. The molecule has 0 aromatic rings. The van der Waals surface area contributed by atoms with Crippen molar-refractivity contribution in [1.82, 2.24) is 16.0 Å². The second-order valence-electron chi connectivity index (χ2n) is 5.68. The fourth-order valence-electron chi connectivity index (χ4n) is 2.60. The van der Waals surface area contributed by atoms with Crippen molar-refractivity contribution in [1.29, 1.82) is 0 Å². The van der Waals surface area contributed by atoms with E-state index >= 15 is 0 Å². The van der Waals surface area contributed by atoms with Gasteiger partial charge in [-0.1, -0.05) is 32.1 Å². The zero-order valence-corrected chi connectivity index (χ0v) is 12.9. The van der Waals surface area contributed by atoms with Crippen molar-refractivity contribution in [2.75, 3.05) is 19.6 Å². The minimum Gasteiger partial charge on any atom is -0.355 e.